The van der Waals surface area contributed by atoms with E-state index in [-0.39, 0.29) is 6.04 Å². The zero-order chi connectivity index (χ0) is 17.6. The number of aromatic nitrogens is 2. The van der Waals surface area contributed by atoms with Crippen molar-refractivity contribution >= 4 is 0 Å². The van der Waals surface area contributed by atoms with Gasteiger partial charge in [-0.15, -0.1) is 0 Å². The number of nitrogens with one attached hydrogen (secondary N) is 1. The summed E-state index contributed by atoms with van der Waals surface area (Å²) in [6.45, 7) is 2.85. The van der Waals surface area contributed by atoms with Gasteiger partial charge >= 0.3 is 0 Å². The highest BCUT2D eigenvalue weighted by Crippen LogP contribution is 2.31. The first-order valence-electron chi connectivity index (χ1n) is 8.24. The number of hydrogen-bond donors (Lipinski definition) is 1. The van der Waals surface area contributed by atoms with Gasteiger partial charge in [-0.2, -0.15) is 0 Å². The Kier molecular flexibility index (Phi) is 5.36. The van der Waals surface area contributed by atoms with Crippen molar-refractivity contribution in [3.8, 4) is 17.2 Å². The molecule has 0 aliphatic heterocycles. The van der Waals surface area contributed by atoms with E-state index in [2.05, 4.69) is 41.5 Å². The summed E-state index contributed by atoms with van der Waals surface area (Å²) >= 11 is 0. The topological polar surface area (TPSA) is 48.3 Å². The summed E-state index contributed by atoms with van der Waals surface area (Å²) in [5, 5.41) is 3.54. The van der Waals surface area contributed by atoms with E-state index in [1.54, 1.807) is 26.7 Å². The lowest BCUT2D eigenvalue weighted by Gasteiger charge is -2.17. The van der Waals surface area contributed by atoms with Crippen LogP contribution in [-0.4, -0.2) is 23.8 Å². The molecule has 1 aromatic heterocycles. The Morgan fingerprint density at radius 3 is 2.52 bits per heavy atom. The number of nitrogens with zero attached hydrogens (tertiary/aromatic N) is 2. The third-order valence-corrected chi connectivity index (χ3v) is 4.28. The molecular weight excluding hydrogens is 314 g/mol. The van der Waals surface area contributed by atoms with E-state index >= 15 is 0 Å². The Bertz CT molecular complexity index is 798. The fourth-order valence-electron chi connectivity index (χ4n) is 2.82. The number of para-hydroxylation sites is 1. The van der Waals surface area contributed by atoms with Crippen molar-refractivity contribution in [1.29, 1.82) is 0 Å². The van der Waals surface area contributed by atoms with Crippen molar-refractivity contribution in [3.63, 3.8) is 0 Å². The fraction of sp³-hybridized carbons (Fsp3) is 0.250. The summed E-state index contributed by atoms with van der Waals surface area (Å²) in [5.41, 5.74) is 3.40. The van der Waals surface area contributed by atoms with E-state index in [9.17, 15) is 0 Å². The number of imidazole rings is 1. The lowest BCUT2D eigenvalue weighted by molar-refractivity contribution is 0.350. The van der Waals surface area contributed by atoms with Gasteiger partial charge < -0.3 is 19.4 Å². The summed E-state index contributed by atoms with van der Waals surface area (Å²) < 4.78 is 12.8. The molecule has 0 unspecified atom stereocenters. The van der Waals surface area contributed by atoms with Crippen molar-refractivity contribution in [3.05, 3.63) is 72.3 Å². The molecule has 0 spiro atoms. The van der Waals surface area contributed by atoms with Crippen LogP contribution in [0.2, 0.25) is 0 Å². The number of benzene rings is 2. The third kappa shape index (κ3) is 3.83. The highest BCUT2D eigenvalue weighted by Gasteiger charge is 2.11. The van der Waals surface area contributed by atoms with Crippen molar-refractivity contribution in [2.24, 2.45) is 0 Å². The third-order valence-electron chi connectivity index (χ3n) is 4.28. The maximum atomic E-state index is 5.49. The van der Waals surface area contributed by atoms with Crippen LogP contribution in [0.1, 0.15) is 24.1 Å². The van der Waals surface area contributed by atoms with E-state index < -0.39 is 0 Å². The highest BCUT2D eigenvalue weighted by atomic mass is 16.5. The molecule has 0 aliphatic rings. The first kappa shape index (κ1) is 17.0. The monoisotopic (exact) mass is 337 g/mol. The molecule has 2 aromatic carbocycles. The Labute approximate surface area is 148 Å². The first-order valence-corrected chi connectivity index (χ1v) is 8.24. The molecule has 0 aliphatic carbocycles. The minimum absolute atomic E-state index is 0.216. The molecule has 3 rings (SSSR count). The van der Waals surface area contributed by atoms with Gasteiger partial charge in [0.1, 0.15) is 0 Å². The van der Waals surface area contributed by atoms with E-state index in [1.807, 2.05) is 29.0 Å². The standard InChI is InChI=1S/C20H23N3O2/c1-15(16-7-9-18(10-8-16)23-12-11-21-14-23)22-13-17-5-4-6-19(24-2)20(17)25-3/h4-12,14-15,22H,13H2,1-3H3/t15-/m0/s1. The average molecular weight is 337 g/mol. The van der Waals surface area contributed by atoms with Crippen LogP contribution in [0, 0.1) is 0 Å². The molecule has 0 saturated carbocycles. The van der Waals surface area contributed by atoms with Gasteiger partial charge in [0.15, 0.2) is 11.5 Å². The molecule has 0 fully saturated rings. The number of hydrogen-bond acceptors (Lipinski definition) is 4. The minimum atomic E-state index is 0.216. The molecule has 130 valence electrons. The van der Waals surface area contributed by atoms with Crippen LogP contribution in [0.3, 0.4) is 0 Å². The average Bonchev–Trinajstić information content (AvgIpc) is 3.20. The summed E-state index contributed by atoms with van der Waals surface area (Å²) in [5.74, 6) is 1.53. The van der Waals surface area contributed by atoms with Gasteiger partial charge in [-0.05, 0) is 30.7 Å². The normalized spacial score (nSPS) is 12.0. The zero-order valence-corrected chi connectivity index (χ0v) is 14.8. The van der Waals surface area contributed by atoms with Gasteiger partial charge in [0.25, 0.3) is 0 Å². The molecule has 1 heterocycles. The second-order valence-electron chi connectivity index (χ2n) is 5.82. The molecule has 0 amide bonds. The molecule has 0 bridgehead atoms. The van der Waals surface area contributed by atoms with E-state index in [0.717, 1.165) is 22.7 Å². The Morgan fingerprint density at radius 1 is 1.08 bits per heavy atom. The maximum Gasteiger partial charge on any atom is 0.165 e. The molecule has 1 atom stereocenters. The van der Waals surface area contributed by atoms with Crippen LogP contribution in [0.25, 0.3) is 5.69 Å². The predicted octanol–water partition coefficient (Wildman–Crippen LogP) is 3.74. The summed E-state index contributed by atoms with van der Waals surface area (Å²) in [4.78, 5) is 4.08. The second-order valence-corrected chi connectivity index (χ2v) is 5.82. The fourth-order valence-corrected chi connectivity index (χ4v) is 2.82. The molecule has 5 nitrogen and oxygen atoms in total. The minimum Gasteiger partial charge on any atom is -0.493 e. The van der Waals surface area contributed by atoms with Gasteiger partial charge in [0.05, 0.1) is 20.5 Å². The number of rotatable bonds is 7. The van der Waals surface area contributed by atoms with Crippen molar-refractivity contribution in [1.82, 2.24) is 14.9 Å². The molecule has 5 heteroatoms. The Balaban J connectivity index is 1.68. The maximum absolute atomic E-state index is 5.49. The molecule has 25 heavy (non-hydrogen) atoms. The van der Waals surface area contributed by atoms with Crippen LogP contribution >= 0.6 is 0 Å². The summed E-state index contributed by atoms with van der Waals surface area (Å²) in [6.07, 6.45) is 5.51. The van der Waals surface area contributed by atoms with Crippen LogP contribution < -0.4 is 14.8 Å². The van der Waals surface area contributed by atoms with Gasteiger partial charge in [-0.25, -0.2) is 4.98 Å². The lowest BCUT2D eigenvalue weighted by atomic mass is 10.1. The van der Waals surface area contributed by atoms with Gasteiger partial charge in [-0.1, -0.05) is 24.3 Å². The van der Waals surface area contributed by atoms with Gasteiger partial charge in [-0.3, -0.25) is 0 Å². The van der Waals surface area contributed by atoms with Gasteiger partial charge in [0.2, 0.25) is 0 Å². The largest absolute Gasteiger partial charge is 0.493 e. The molecule has 1 N–H and O–H groups in total. The van der Waals surface area contributed by atoms with Crippen LogP contribution in [-0.2, 0) is 6.54 Å². The summed E-state index contributed by atoms with van der Waals surface area (Å²) in [6, 6.07) is 14.6. The highest BCUT2D eigenvalue weighted by molar-refractivity contribution is 5.46. The molecule has 3 aromatic rings. The van der Waals surface area contributed by atoms with Crippen LogP contribution in [0.5, 0.6) is 11.5 Å². The van der Waals surface area contributed by atoms with Crippen LogP contribution in [0.4, 0.5) is 0 Å². The van der Waals surface area contributed by atoms with Crippen molar-refractivity contribution in [2.45, 2.75) is 19.5 Å². The zero-order valence-electron chi connectivity index (χ0n) is 14.8. The SMILES string of the molecule is COc1cccc(CN[C@@H](C)c2ccc(-n3ccnc3)cc2)c1OC. The van der Waals surface area contributed by atoms with Gasteiger partial charge in [0, 0.05) is 36.2 Å². The first-order chi connectivity index (χ1) is 12.2. The molecule has 0 radical (unpaired) electrons. The predicted molar refractivity (Wildman–Crippen MR) is 98.4 cm³/mol. The lowest BCUT2D eigenvalue weighted by Crippen LogP contribution is -2.18. The quantitative estimate of drug-likeness (QED) is 0.713. The second kappa shape index (κ2) is 7.85. The Morgan fingerprint density at radius 2 is 1.88 bits per heavy atom. The number of ether oxygens (including phenoxy) is 2. The van der Waals surface area contributed by atoms with Crippen molar-refractivity contribution < 1.29 is 9.47 Å². The Hall–Kier alpha value is -2.79. The number of methoxy groups -OCH3 is 2. The van der Waals surface area contributed by atoms with E-state index in [4.69, 9.17) is 9.47 Å². The van der Waals surface area contributed by atoms with Crippen LogP contribution in [0.15, 0.2) is 61.2 Å². The summed E-state index contributed by atoms with van der Waals surface area (Å²) in [7, 11) is 3.32. The smallest absolute Gasteiger partial charge is 0.165 e. The van der Waals surface area contributed by atoms with E-state index in [1.165, 1.54) is 5.56 Å². The van der Waals surface area contributed by atoms with E-state index in [0.29, 0.717) is 6.54 Å². The van der Waals surface area contributed by atoms with Crippen molar-refractivity contribution in [2.75, 3.05) is 14.2 Å². The molecular formula is C20H23N3O2. The molecule has 0 saturated heterocycles.